The first kappa shape index (κ1) is 12.6. The lowest BCUT2D eigenvalue weighted by Crippen LogP contribution is -2.53. The van der Waals surface area contributed by atoms with Crippen LogP contribution in [0.4, 0.5) is 4.79 Å². The topological polar surface area (TPSA) is 91.0 Å². The molecule has 6 nitrogen and oxygen atoms in total. The molecule has 0 aromatic carbocycles. The van der Waals surface area contributed by atoms with Crippen LogP contribution in [0.25, 0.3) is 0 Å². The lowest BCUT2D eigenvalue weighted by Gasteiger charge is -2.34. The Labute approximate surface area is 95.5 Å². The fraction of sp³-hybridized carbons (Fsp3) is 0.800. The highest BCUT2D eigenvalue weighted by Crippen LogP contribution is 2.17. The molecule has 1 heterocycles. The largest absolute Gasteiger partial charge is 0.409 e. The third-order valence-corrected chi connectivity index (χ3v) is 2.75. The van der Waals surface area contributed by atoms with Crippen LogP contribution in [0.3, 0.4) is 0 Å². The molecule has 0 bridgehead atoms. The van der Waals surface area contributed by atoms with Crippen LogP contribution in [0, 0.1) is 0 Å². The van der Waals surface area contributed by atoms with E-state index < -0.39 is 0 Å². The van der Waals surface area contributed by atoms with E-state index in [0.29, 0.717) is 13.1 Å². The zero-order valence-electron chi connectivity index (χ0n) is 9.65. The molecule has 16 heavy (non-hydrogen) atoms. The molecule has 0 spiro atoms. The van der Waals surface area contributed by atoms with E-state index in [1.807, 2.05) is 6.92 Å². The van der Waals surface area contributed by atoms with Crippen molar-refractivity contribution in [1.29, 1.82) is 0 Å². The molecular weight excluding hydrogens is 208 g/mol. The number of nitrogens with zero attached hydrogens (tertiary/aromatic N) is 2. The first-order chi connectivity index (χ1) is 7.70. The van der Waals surface area contributed by atoms with Crippen molar-refractivity contribution in [1.82, 2.24) is 10.2 Å². The van der Waals surface area contributed by atoms with Gasteiger partial charge < -0.3 is 21.2 Å². The molecule has 0 aromatic heterocycles. The van der Waals surface area contributed by atoms with E-state index in [1.165, 1.54) is 0 Å². The van der Waals surface area contributed by atoms with E-state index in [-0.39, 0.29) is 17.9 Å². The second-order valence-electron chi connectivity index (χ2n) is 3.96. The molecule has 1 fully saturated rings. The van der Waals surface area contributed by atoms with Gasteiger partial charge in [0.05, 0.1) is 6.04 Å². The second-order valence-corrected chi connectivity index (χ2v) is 3.96. The van der Waals surface area contributed by atoms with Crippen molar-refractivity contribution in [2.24, 2.45) is 10.9 Å². The standard InChI is InChI=1S/C10H20N4O2/c1-2-6-12-10(15)14-7-4-3-5-8(14)9(11)13-16/h8,16H,2-7H2,1H3,(H2,11,13)(H,12,15). The Kier molecular flexibility index (Phi) is 4.88. The van der Waals surface area contributed by atoms with Gasteiger partial charge in [-0.25, -0.2) is 4.79 Å². The van der Waals surface area contributed by atoms with Gasteiger partial charge in [0.15, 0.2) is 5.84 Å². The number of amides is 2. The summed E-state index contributed by atoms with van der Waals surface area (Å²) in [6, 6.07) is -0.395. The van der Waals surface area contributed by atoms with Crippen LogP contribution >= 0.6 is 0 Å². The van der Waals surface area contributed by atoms with Crippen molar-refractivity contribution in [2.75, 3.05) is 13.1 Å². The third kappa shape index (κ3) is 3.01. The Bertz CT molecular complexity index is 268. The molecule has 6 heteroatoms. The van der Waals surface area contributed by atoms with E-state index >= 15 is 0 Å². The number of nitrogens with two attached hydrogens (primary N) is 1. The van der Waals surface area contributed by atoms with Crippen molar-refractivity contribution < 1.29 is 10.0 Å². The van der Waals surface area contributed by atoms with E-state index in [1.54, 1.807) is 4.90 Å². The van der Waals surface area contributed by atoms with Crippen LogP contribution in [0.5, 0.6) is 0 Å². The predicted molar refractivity (Wildman–Crippen MR) is 61.4 cm³/mol. The number of urea groups is 1. The van der Waals surface area contributed by atoms with Crippen LogP contribution in [0.1, 0.15) is 32.6 Å². The number of piperidine rings is 1. The molecule has 2 amide bonds. The van der Waals surface area contributed by atoms with Crippen molar-refractivity contribution in [3.63, 3.8) is 0 Å². The Hall–Kier alpha value is -1.46. The van der Waals surface area contributed by atoms with Gasteiger partial charge in [-0.05, 0) is 25.7 Å². The van der Waals surface area contributed by atoms with Crippen LogP contribution < -0.4 is 11.1 Å². The van der Waals surface area contributed by atoms with Gasteiger partial charge in [0, 0.05) is 13.1 Å². The molecule has 1 rings (SSSR count). The number of carbonyl (C=O) groups excluding carboxylic acids is 1. The summed E-state index contributed by atoms with van der Waals surface area (Å²) in [6.45, 7) is 3.31. The number of nitrogens with one attached hydrogen (secondary N) is 1. The van der Waals surface area contributed by atoms with Crippen molar-refractivity contribution in [3.05, 3.63) is 0 Å². The van der Waals surface area contributed by atoms with Crippen LogP contribution in [0.15, 0.2) is 5.16 Å². The fourth-order valence-corrected chi connectivity index (χ4v) is 1.88. The molecular formula is C10H20N4O2. The fourth-order valence-electron chi connectivity index (χ4n) is 1.88. The summed E-state index contributed by atoms with van der Waals surface area (Å²) >= 11 is 0. The number of amidine groups is 1. The Morgan fingerprint density at radius 3 is 3.00 bits per heavy atom. The number of hydrogen-bond donors (Lipinski definition) is 3. The average Bonchev–Trinajstić information content (AvgIpc) is 2.35. The maximum Gasteiger partial charge on any atom is 0.318 e. The summed E-state index contributed by atoms with van der Waals surface area (Å²) in [6.07, 6.45) is 3.62. The van der Waals surface area contributed by atoms with Crippen LogP contribution in [0.2, 0.25) is 0 Å². The van der Waals surface area contributed by atoms with Gasteiger partial charge in [-0.15, -0.1) is 0 Å². The summed E-state index contributed by atoms with van der Waals surface area (Å²) in [5.74, 6) is 0.117. The number of oxime groups is 1. The highest BCUT2D eigenvalue weighted by Gasteiger charge is 2.29. The highest BCUT2D eigenvalue weighted by molar-refractivity contribution is 5.89. The summed E-state index contributed by atoms with van der Waals surface area (Å²) in [5, 5.41) is 14.5. The first-order valence-electron chi connectivity index (χ1n) is 5.72. The normalized spacial score (nSPS) is 21.9. The molecule has 92 valence electrons. The van der Waals surface area contributed by atoms with Gasteiger partial charge in [-0.1, -0.05) is 12.1 Å². The molecule has 1 atom stereocenters. The molecule has 0 aliphatic carbocycles. The van der Waals surface area contributed by atoms with Gasteiger partial charge in [0.25, 0.3) is 0 Å². The maximum atomic E-state index is 11.8. The first-order valence-corrected chi connectivity index (χ1v) is 5.72. The molecule has 1 unspecified atom stereocenters. The Balaban J connectivity index is 2.62. The monoisotopic (exact) mass is 228 g/mol. The summed E-state index contributed by atoms with van der Waals surface area (Å²) in [5.41, 5.74) is 5.58. The SMILES string of the molecule is CCCNC(=O)N1CCCCC1C(N)=NO. The van der Waals surface area contributed by atoms with Gasteiger partial charge in [-0.2, -0.15) is 0 Å². The number of rotatable bonds is 3. The van der Waals surface area contributed by atoms with Gasteiger partial charge in [0.2, 0.25) is 0 Å². The Morgan fingerprint density at radius 1 is 1.62 bits per heavy atom. The third-order valence-electron chi connectivity index (χ3n) is 2.75. The van der Waals surface area contributed by atoms with E-state index in [4.69, 9.17) is 10.9 Å². The molecule has 4 N–H and O–H groups in total. The number of carbonyl (C=O) groups is 1. The van der Waals surface area contributed by atoms with Crippen molar-refractivity contribution in [2.45, 2.75) is 38.6 Å². The van der Waals surface area contributed by atoms with E-state index in [9.17, 15) is 4.79 Å². The number of hydrogen-bond acceptors (Lipinski definition) is 3. The predicted octanol–water partition coefficient (Wildman–Crippen LogP) is 0.707. The number of likely N-dealkylation sites (tertiary alicyclic amines) is 1. The van der Waals surface area contributed by atoms with Crippen LogP contribution in [-0.4, -0.2) is 41.1 Å². The van der Waals surface area contributed by atoms with Crippen LogP contribution in [-0.2, 0) is 0 Å². The zero-order chi connectivity index (χ0) is 12.0. The van der Waals surface area contributed by atoms with Crippen molar-refractivity contribution in [3.8, 4) is 0 Å². The lowest BCUT2D eigenvalue weighted by atomic mass is 10.0. The maximum absolute atomic E-state index is 11.8. The summed E-state index contributed by atoms with van der Waals surface area (Å²) < 4.78 is 0. The highest BCUT2D eigenvalue weighted by atomic mass is 16.4. The quantitative estimate of drug-likeness (QED) is 0.287. The lowest BCUT2D eigenvalue weighted by molar-refractivity contribution is 0.170. The minimum absolute atomic E-state index is 0.117. The van der Waals surface area contributed by atoms with E-state index in [0.717, 1.165) is 25.7 Å². The zero-order valence-corrected chi connectivity index (χ0v) is 9.65. The molecule has 1 saturated heterocycles. The average molecular weight is 228 g/mol. The molecule has 1 aliphatic heterocycles. The smallest absolute Gasteiger partial charge is 0.318 e. The van der Waals surface area contributed by atoms with Gasteiger partial charge in [-0.3, -0.25) is 0 Å². The molecule has 0 aromatic rings. The van der Waals surface area contributed by atoms with Gasteiger partial charge >= 0.3 is 6.03 Å². The summed E-state index contributed by atoms with van der Waals surface area (Å²) in [4.78, 5) is 13.5. The minimum Gasteiger partial charge on any atom is -0.409 e. The molecule has 1 aliphatic rings. The molecule has 0 radical (unpaired) electrons. The second kappa shape index (κ2) is 6.19. The van der Waals surface area contributed by atoms with Crippen molar-refractivity contribution >= 4 is 11.9 Å². The summed E-state index contributed by atoms with van der Waals surface area (Å²) in [7, 11) is 0. The van der Waals surface area contributed by atoms with E-state index in [2.05, 4.69) is 10.5 Å². The molecule has 0 saturated carbocycles. The Morgan fingerprint density at radius 2 is 2.38 bits per heavy atom. The minimum atomic E-state index is -0.268. The van der Waals surface area contributed by atoms with Gasteiger partial charge in [0.1, 0.15) is 0 Å².